The zero-order valence-corrected chi connectivity index (χ0v) is 17.0. The van der Waals surface area contributed by atoms with Gasteiger partial charge in [-0.05, 0) is 60.9 Å². The van der Waals surface area contributed by atoms with E-state index in [2.05, 4.69) is 0 Å². The molecule has 0 rings (SSSR count). The Hall–Kier alpha value is -1.30. The third kappa shape index (κ3) is 13.6. The Morgan fingerprint density at radius 2 is 1.08 bits per heavy atom. The van der Waals surface area contributed by atoms with Crippen molar-refractivity contribution in [2.45, 2.75) is 97.7 Å². The van der Waals surface area contributed by atoms with Crippen LogP contribution < -0.4 is 5.73 Å². The number of amides is 2. The van der Waals surface area contributed by atoms with Crippen LogP contribution in [0.4, 0.5) is 9.59 Å². The molecule has 0 aliphatic heterocycles. The average Bonchev–Trinajstić information content (AvgIpc) is 2.41. The summed E-state index contributed by atoms with van der Waals surface area (Å²) in [6.07, 6.45) is 6.07. The van der Waals surface area contributed by atoms with Crippen molar-refractivity contribution < 1.29 is 19.1 Å². The highest BCUT2D eigenvalue weighted by molar-refractivity contribution is 5.88. The van der Waals surface area contributed by atoms with Crippen molar-refractivity contribution in [2.24, 2.45) is 5.73 Å². The molecule has 0 fully saturated rings. The number of nitrogens with zero attached hydrogens (tertiary/aromatic N) is 1. The van der Waals surface area contributed by atoms with Gasteiger partial charge in [0, 0.05) is 6.54 Å². The highest BCUT2D eigenvalue weighted by Crippen LogP contribution is 2.16. The lowest BCUT2D eigenvalue weighted by Gasteiger charge is -2.28. The lowest BCUT2D eigenvalue weighted by Crippen LogP contribution is -2.44. The topological polar surface area (TPSA) is 81.9 Å². The molecule has 0 aliphatic rings. The summed E-state index contributed by atoms with van der Waals surface area (Å²) in [5, 5.41) is 0. The molecule has 0 saturated carbocycles. The number of unbranched alkanes of at least 4 members (excludes halogenated alkanes) is 6. The fraction of sp³-hybridized carbons (Fsp3) is 0.895. The minimum Gasteiger partial charge on any atom is -0.443 e. The molecule has 0 aromatic rings. The van der Waals surface area contributed by atoms with Crippen LogP contribution in [0.25, 0.3) is 0 Å². The fourth-order valence-corrected chi connectivity index (χ4v) is 2.19. The second-order valence-electron chi connectivity index (χ2n) is 8.38. The van der Waals surface area contributed by atoms with Crippen molar-refractivity contribution in [1.29, 1.82) is 0 Å². The normalized spacial score (nSPS) is 12.0. The summed E-state index contributed by atoms with van der Waals surface area (Å²) in [5.74, 6) is 0. The highest BCUT2D eigenvalue weighted by Gasteiger charge is 2.30. The molecule has 6 heteroatoms. The number of carbonyl (C=O) groups excluding carboxylic acids is 2. The van der Waals surface area contributed by atoms with E-state index >= 15 is 0 Å². The van der Waals surface area contributed by atoms with Crippen LogP contribution in [-0.2, 0) is 9.47 Å². The molecule has 6 nitrogen and oxygen atoms in total. The minimum absolute atomic E-state index is 0.312. The van der Waals surface area contributed by atoms with Gasteiger partial charge >= 0.3 is 12.2 Å². The lowest BCUT2D eigenvalue weighted by atomic mass is 10.1. The van der Waals surface area contributed by atoms with Crippen molar-refractivity contribution in [3.05, 3.63) is 0 Å². The quantitative estimate of drug-likeness (QED) is 0.596. The maximum Gasteiger partial charge on any atom is 0.419 e. The molecule has 0 spiro atoms. The Morgan fingerprint density at radius 1 is 0.720 bits per heavy atom. The fourth-order valence-electron chi connectivity index (χ4n) is 2.19. The molecule has 0 unspecified atom stereocenters. The van der Waals surface area contributed by atoms with Crippen LogP contribution in [0.5, 0.6) is 0 Å². The molecule has 25 heavy (non-hydrogen) atoms. The first-order valence-electron chi connectivity index (χ1n) is 9.40. The van der Waals surface area contributed by atoms with E-state index in [1.54, 1.807) is 41.5 Å². The number of carbonyl (C=O) groups is 2. The van der Waals surface area contributed by atoms with Gasteiger partial charge in [-0.3, -0.25) is 0 Å². The molecule has 0 bridgehead atoms. The molecule has 2 amide bonds. The van der Waals surface area contributed by atoms with E-state index in [0.717, 1.165) is 43.5 Å². The van der Waals surface area contributed by atoms with Gasteiger partial charge in [0.25, 0.3) is 0 Å². The molecule has 0 saturated heterocycles. The zero-order chi connectivity index (χ0) is 19.5. The molecule has 0 aliphatic carbocycles. The molecule has 0 heterocycles. The summed E-state index contributed by atoms with van der Waals surface area (Å²) in [4.78, 5) is 25.7. The molecule has 0 radical (unpaired) electrons. The third-order valence-electron chi connectivity index (χ3n) is 3.31. The van der Waals surface area contributed by atoms with Gasteiger partial charge < -0.3 is 15.2 Å². The van der Waals surface area contributed by atoms with Crippen molar-refractivity contribution in [2.75, 3.05) is 13.1 Å². The number of nitrogens with two attached hydrogens (primary N) is 1. The second kappa shape index (κ2) is 11.3. The van der Waals surface area contributed by atoms with E-state index in [0.29, 0.717) is 6.54 Å². The predicted molar refractivity (Wildman–Crippen MR) is 101 cm³/mol. The number of imide groups is 1. The zero-order valence-electron chi connectivity index (χ0n) is 17.0. The molecule has 148 valence electrons. The van der Waals surface area contributed by atoms with E-state index < -0.39 is 23.4 Å². The van der Waals surface area contributed by atoms with Gasteiger partial charge in [0.2, 0.25) is 0 Å². The summed E-state index contributed by atoms with van der Waals surface area (Å²) in [5.41, 5.74) is 4.17. The van der Waals surface area contributed by atoms with Gasteiger partial charge in [-0.1, -0.05) is 32.1 Å². The van der Waals surface area contributed by atoms with Crippen LogP contribution >= 0.6 is 0 Å². The van der Waals surface area contributed by atoms with Crippen molar-refractivity contribution in [1.82, 2.24) is 4.90 Å². The first-order chi connectivity index (χ1) is 11.5. The van der Waals surface area contributed by atoms with Crippen LogP contribution in [0.1, 0.15) is 86.5 Å². The largest absolute Gasteiger partial charge is 0.443 e. The van der Waals surface area contributed by atoms with Gasteiger partial charge in [0.15, 0.2) is 0 Å². The van der Waals surface area contributed by atoms with Crippen LogP contribution in [0.2, 0.25) is 0 Å². The molecular weight excluding hydrogens is 320 g/mol. The summed E-state index contributed by atoms with van der Waals surface area (Å²) < 4.78 is 10.7. The van der Waals surface area contributed by atoms with Crippen LogP contribution in [0.3, 0.4) is 0 Å². The predicted octanol–water partition coefficient (Wildman–Crippen LogP) is 4.85. The van der Waals surface area contributed by atoms with Crippen molar-refractivity contribution in [3.63, 3.8) is 0 Å². The SMILES string of the molecule is CC(C)(C)OC(=O)N(CCCCCCCCCN)C(=O)OC(C)(C)C. The minimum atomic E-state index is -0.652. The third-order valence-corrected chi connectivity index (χ3v) is 3.31. The second-order valence-corrected chi connectivity index (χ2v) is 8.38. The summed E-state index contributed by atoms with van der Waals surface area (Å²) >= 11 is 0. The average molecular weight is 359 g/mol. The van der Waals surface area contributed by atoms with E-state index in [-0.39, 0.29) is 0 Å². The number of ether oxygens (including phenoxy) is 2. The monoisotopic (exact) mass is 358 g/mol. The maximum absolute atomic E-state index is 12.3. The standard InChI is InChI=1S/C19H38N2O4/c1-18(2,3)24-16(22)21(17(23)25-19(4,5)6)15-13-11-9-7-8-10-12-14-20/h7-15,20H2,1-6H3. The Bertz CT molecular complexity index is 369. The molecule has 0 aromatic heterocycles. The van der Waals surface area contributed by atoms with Crippen LogP contribution in [0.15, 0.2) is 0 Å². The number of rotatable bonds is 9. The molecular formula is C19H38N2O4. The van der Waals surface area contributed by atoms with Gasteiger partial charge in [-0.2, -0.15) is 0 Å². The van der Waals surface area contributed by atoms with Gasteiger partial charge in [0.05, 0.1) is 0 Å². The molecule has 2 N–H and O–H groups in total. The Labute approximate surface area is 153 Å². The molecule has 0 atom stereocenters. The Kier molecular flexibility index (Phi) is 10.8. The first kappa shape index (κ1) is 23.7. The van der Waals surface area contributed by atoms with Crippen molar-refractivity contribution in [3.8, 4) is 0 Å². The first-order valence-corrected chi connectivity index (χ1v) is 9.40. The molecule has 0 aromatic carbocycles. The van der Waals surface area contributed by atoms with Crippen LogP contribution in [0, 0.1) is 0 Å². The number of hydrogen-bond donors (Lipinski definition) is 1. The smallest absolute Gasteiger partial charge is 0.419 e. The van der Waals surface area contributed by atoms with Gasteiger partial charge in [-0.25, -0.2) is 14.5 Å². The Morgan fingerprint density at radius 3 is 1.44 bits per heavy atom. The van der Waals surface area contributed by atoms with Crippen LogP contribution in [-0.4, -0.2) is 41.4 Å². The Balaban J connectivity index is 4.45. The maximum atomic E-state index is 12.3. The van der Waals surface area contributed by atoms with E-state index in [4.69, 9.17) is 15.2 Å². The van der Waals surface area contributed by atoms with E-state index in [9.17, 15) is 9.59 Å². The summed E-state index contributed by atoms with van der Waals surface area (Å²) in [6, 6.07) is 0. The van der Waals surface area contributed by atoms with Crippen molar-refractivity contribution >= 4 is 12.2 Å². The van der Waals surface area contributed by atoms with E-state index in [1.165, 1.54) is 12.8 Å². The van der Waals surface area contributed by atoms with E-state index in [1.807, 2.05) is 0 Å². The summed E-state index contributed by atoms with van der Waals surface area (Å²) in [6.45, 7) is 11.7. The summed E-state index contributed by atoms with van der Waals surface area (Å²) in [7, 11) is 0. The van der Waals surface area contributed by atoms with Gasteiger partial charge in [0.1, 0.15) is 11.2 Å². The lowest BCUT2D eigenvalue weighted by molar-refractivity contribution is 0.00118. The highest BCUT2D eigenvalue weighted by atomic mass is 16.6. The van der Waals surface area contributed by atoms with Gasteiger partial charge in [-0.15, -0.1) is 0 Å². The number of hydrogen-bond acceptors (Lipinski definition) is 5.